The molecule has 0 saturated heterocycles. The standard InChI is InChI=1S/C18H17ClN4O2/c19-14-7-3-1-5-12(14)11-21-16(24)9-10-20-18(25)17-13-6-2-4-8-15(13)22-23-17/h1-8H,9-11H2,(H,20,25)(H,21,24)(H,22,23). The van der Waals surface area contributed by atoms with Crippen LogP contribution in [0.5, 0.6) is 0 Å². The molecule has 3 N–H and O–H groups in total. The summed E-state index contributed by atoms with van der Waals surface area (Å²) in [6.07, 6.45) is 0.179. The number of carbonyl (C=O) groups is 2. The van der Waals surface area contributed by atoms with E-state index in [0.717, 1.165) is 16.5 Å². The molecule has 0 aliphatic rings. The second-order valence-electron chi connectivity index (χ2n) is 5.49. The van der Waals surface area contributed by atoms with Crippen LogP contribution in [-0.4, -0.2) is 28.6 Å². The Morgan fingerprint density at radius 3 is 2.64 bits per heavy atom. The number of carbonyl (C=O) groups excluding carboxylic acids is 2. The van der Waals surface area contributed by atoms with Crippen molar-refractivity contribution < 1.29 is 9.59 Å². The molecule has 0 atom stereocenters. The first-order valence-electron chi connectivity index (χ1n) is 7.86. The zero-order valence-corrected chi connectivity index (χ0v) is 14.1. The summed E-state index contributed by atoms with van der Waals surface area (Å²) in [6.45, 7) is 0.588. The Morgan fingerprint density at radius 1 is 1.04 bits per heavy atom. The highest BCUT2D eigenvalue weighted by atomic mass is 35.5. The lowest BCUT2D eigenvalue weighted by Gasteiger charge is -2.07. The van der Waals surface area contributed by atoms with Gasteiger partial charge in [0.15, 0.2) is 5.69 Å². The molecule has 1 heterocycles. The van der Waals surface area contributed by atoms with E-state index in [1.54, 1.807) is 6.07 Å². The van der Waals surface area contributed by atoms with Crippen LogP contribution in [-0.2, 0) is 11.3 Å². The monoisotopic (exact) mass is 356 g/mol. The Hall–Kier alpha value is -2.86. The third kappa shape index (κ3) is 4.16. The average molecular weight is 357 g/mol. The highest BCUT2D eigenvalue weighted by molar-refractivity contribution is 6.31. The lowest BCUT2D eigenvalue weighted by Crippen LogP contribution is -2.30. The van der Waals surface area contributed by atoms with E-state index in [1.165, 1.54) is 0 Å². The molecule has 2 aromatic carbocycles. The van der Waals surface area contributed by atoms with Gasteiger partial charge in [-0.25, -0.2) is 0 Å². The second-order valence-corrected chi connectivity index (χ2v) is 5.90. The van der Waals surface area contributed by atoms with Crippen LogP contribution < -0.4 is 10.6 Å². The first-order valence-corrected chi connectivity index (χ1v) is 8.24. The van der Waals surface area contributed by atoms with Crippen molar-refractivity contribution in [2.45, 2.75) is 13.0 Å². The molecule has 3 rings (SSSR count). The summed E-state index contributed by atoms with van der Waals surface area (Å²) in [6, 6.07) is 14.7. The molecule has 1 aromatic heterocycles. The van der Waals surface area contributed by atoms with Gasteiger partial charge in [-0.05, 0) is 17.7 Å². The zero-order chi connectivity index (χ0) is 17.6. The normalized spacial score (nSPS) is 10.6. The first kappa shape index (κ1) is 17.0. The molecule has 0 saturated carbocycles. The molecule has 0 unspecified atom stereocenters. The summed E-state index contributed by atoms with van der Waals surface area (Å²) in [5.74, 6) is -0.469. The zero-order valence-electron chi connectivity index (χ0n) is 13.4. The Kier molecular flexibility index (Phi) is 5.30. The fourth-order valence-electron chi connectivity index (χ4n) is 2.43. The number of amides is 2. The molecule has 6 nitrogen and oxygen atoms in total. The van der Waals surface area contributed by atoms with Crippen LogP contribution >= 0.6 is 11.6 Å². The van der Waals surface area contributed by atoms with Crippen LogP contribution in [0.25, 0.3) is 10.9 Å². The van der Waals surface area contributed by atoms with Gasteiger partial charge < -0.3 is 10.6 Å². The lowest BCUT2D eigenvalue weighted by molar-refractivity contribution is -0.121. The fourth-order valence-corrected chi connectivity index (χ4v) is 2.64. The molecule has 3 aromatic rings. The number of hydrogen-bond donors (Lipinski definition) is 3. The maximum Gasteiger partial charge on any atom is 0.272 e. The van der Waals surface area contributed by atoms with E-state index in [9.17, 15) is 9.59 Å². The first-order chi connectivity index (χ1) is 12.1. The molecule has 0 aliphatic carbocycles. The number of rotatable bonds is 6. The minimum absolute atomic E-state index is 0.160. The van der Waals surface area contributed by atoms with E-state index in [4.69, 9.17) is 11.6 Å². The van der Waals surface area contributed by atoms with E-state index in [-0.39, 0.29) is 24.8 Å². The van der Waals surface area contributed by atoms with Crippen LogP contribution in [0.15, 0.2) is 48.5 Å². The maximum atomic E-state index is 12.2. The van der Waals surface area contributed by atoms with Crippen LogP contribution in [0.2, 0.25) is 5.02 Å². The smallest absolute Gasteiger partial charge is 0.272 e. The summed E-state index contributed by atoms with van der Waals surface area (Å²) >= 11 is 6.04. The molecule has 0 bridgehead atoms. The number of aromatic nitrogens is 2. The van der Waals surface area contributed by atoms with Crippen molar-refractivity contribution >= 4 is 34.3 Å². The highest BCUT2D eigenvalue weighted by Gasteiger charge is 2.13. The van der Waals surface area contributed by atoms with Gasteiger partial charge in [0, 0.05) is 29.9 Å². The van der Waals surface area contributed by atoms with Gasteiger partial charge in [0.25, 0.3) is 5.91 Å². The molecule has 0 fully saturated rings. The van der Waals surface area contributed by atoms with E-state index in [2.05, 4.69) is 20.8 Å². The molecule has 7 heteroatoms. The van der Waals surface area contributed by atoms with Crippen molar-refractivity contribution in [3.05, 3.63) is 64.8 Å². The summed E-state index contributed by atoms with van der Waals surface area (Å²) in [5, 5.41) is 13.7. The third-order valence-electron chi connectivity index (χ3n) is 3.76. The van der Waals surface area contributed by atoms with Crippen molar-refractivity contribution in [2.24, 2.45) is 0 Å². The molecule has 128 valence electrons. The quantitative estimate of drug-likeness (QED) is 0.634. The summed E-state index contributed by atoms with van der Waals surface area (Å²) in [4.78, 5) is 24.1. The van der Waals surface area contributed by atoms with Gasteiger partial charge in [-0.2, -0.15) is 5.10 Å². The maximum absolute atomic E-state index is 12.2. The van der Waals surface area contributed by atoms with Crippen molar-refractivity contribution in [3.63, 3.8) is 0 Å². The number of nitrogens with zero attached hydrogens (tertiary/aromatic N) is 1. The van der Waals surface area contributed by atoms with Crippen molar-refractivity contribution in [2.75, 3.05) is 6.54 Å². The van der Waals surface area contributed by atoms with Gasteiger partial charge in [-0.15, -0.1) is 0 Å². The van der Waals surface area contributed by atoms with Crippen LogP contribution in [0.4, 0.5) is 0 Å². The van der Waals surface area contributed by atoms with E-state index < -0.39 is 0 Å². The number of hydrogen-bond acceptors (Lipinski definition) is 3. The van der Waals surface area contributed by atoms with E-state index in [0.29, 0.717) is 17.3 Å². The van der Waals surface area contributed by atoms with Crippen molar-refractivity contribution in [3.8, 4) is 0 Å². The van der Waals surface area contributed by atoms with Crippen molar-refractivity contribution in [1.29, 1.82) is 0 Å². The second kappa shape index (κ2) is 7.81. The number of H-pyrrole nitrogens is 1. The number of aromatic amines is 1. The minimum Gasteiger partial charge on any atom is -0.352 e. The molecule has 25 heavy (non-hydrogen) atoms. The highest BCUT2D eigenvalue weighted by Crippen LogP contribution is 2.15. The van der Waals surface area contributed by atoms with Gasteiger partial charge in [0.2, 0.25) is 5.91 Å². The Balaban J connectivity index is 1.47. The Labute approximate surface area is 149 Å². The number of nitrogens with one attached hydrogen (secondary N) is 3. The number of benzene rings is 2. The Morgan fingerprint density at radius 2 is 1.80 bits per heavy atom. The molecular formula is C18H17ClN4O2. The molecular weight excluding hydrogens is 340 g/mol. The number of halogens is 1. The minimum atomic E-state index is -0.309. The average Bonchev–Trinajstić information content (AvgIpc) is 3.05. The van der Waals surface area contributed by atoms with Gasteiger partial charge in [0.1, 0.15) is 0 Å². The summed E-state index contributed by atoms with van der Waals surface area (Å²) in [7, 11) is 0. The van der Waals surface area contributed by atoms with Crippen LogP contribution in [0.3, 0.4) is 0 Å². The summed E-state index contributed by atoms with van der Waals surface area (Å²) < 4.78 is 0. The molecule has 0 aliphatic heterocycles. The van der Waals surface area contributed by atoms with Crippen molar-refractivity contribution in [1.82, 2.24) is 20.8 Å². The SMILES string of the molecule is O=C(CCNC(=O)c1n[nH]c2ccccc12)NCc1ccccc1Cl. The molecule has 2 amide bonds. The lowest BCUT2D eigenvalue weighted by atomic mass is 10.2. The van der Waals surface area contributed by atoms with E-state index >= 15 is 0 Å². The fraction of sp³-hybridized carbons (Fsp3) is 0.167. The largest absolute Gasteiger partial charge is 0.352 e. The third-order valence-corrected chi connectivity index (χ3v) is 4.13. The van der Waals surface area contributed by atoms with Gasteiger partial charge >= 0.3 is 0 Å². The molecule has 0 spiro atoms. The predicted molar refractivity (Wildman–Crippen MR) is 96.3 cm³/mol. The van der Waals surface area contributed by atoms with Gasteiger partial charge in [0.05, 0.1) is 5.52 Å². The number of fused-ring (bicyclic) bond motifs is 1. The van der Waals surface area contributed by atoms with Gasteiger partial charge in [-0.1, -0.05) is 48.0 Å². The summed E-state index contributed by atoms with van der Waals surface area (Å²) in [5.41, 5.74) is 1.97. The molecule has 0 radical (unpaired) electrons. The van der Waals surface area contributed by atoms with E-state index in [1.807, 2.05) is 42.5 Å². The predicted octanol–water partition coefficient (Wildman–Crippen LogP) is 2.65. The van der Waals surface area contributed by atoms with Gasteiger partial charge in [-0.3, -0.25) is 14.7 Å². The topological polar surface area (TPSA) is 86.9 Å². The van der Waals surface area contributed by atoms with Crippen LogP contribution in [0.1, 0.15) is 22.5 Å². The Bertz CT molecular complexity index is 907. The van der Waals surface area contributed by atoms with Crippen LogP contribution in [0, 0.1) is 0 Å². The number of para-hydroxylation sites is 1.